The molecule has 2 aromatic heterocycles. The highest BCUT2D eigenvalue weighted by atomic mass is 15.0. The molecule has 0 amide bonds. The summed E-state index contributed by atoms with van der Waals surface area (Å²) in [5.74, 6) is 0. The number of fused-ring (bicyclic) bond motifs is 15. The molecular weight excluding hydrogens is 605 g/mol. The lowest BCUT2D eigenvalue weighted by molar-refractivity contribution is 1.15. The van der Waals surface area contributed by atoms with Crippen LogP contribution in [0.5, 0.6) is 0 Å². The first-order chi connectivity index (χ1) is 24.8. The Hall–Kier alpha value is -6.64. The van der Waals surface area contributed by atoms with Crippen LogP contribution in [0.1, 0.15) is 0 Å². The van der Waals surface area contributed by atoms with Gasteiger partial charge in [-0.2, -0.15) is 0 Å². The molecular formula is C48H28N2. The van der Waals surface area contributed by atoms with Gasteiger partial charge in [0.2, 0.25) is 0 Å². The summed E-state index contributed by atoms with van der Waals surface area (Å²) in [7, 11) is 0. The number of aromatic nitrogens is 2. The van der Waals surface area contributed by atoms with Crippen molar-refractivity contribution in [2.24, 2.45) is 0 Å². The van der Waals surface area contributed by atoms with Crippen molar-refractivity contribution in [3.8, 4) is 33.6 Å². The molecule has 0 N–H and O–H groups in total. The quantitative estimate of drug-likeness (QED) is 0.168. The Morgan fingerprint density at radius 1 is 0.260 bits per heavy atom. The summed E-state index contributed by atoms with van der Waals surface area (Å²) >= 11 is 0. The summed E-state index contributed by atoms with van der Waals surface area (Å²) in [6.45, 7) is 0. The van der Waals surface area contributed by atoms with E-state index in [9.17, 15) is 0 Å². The van der Waals surface area contributed by atoms with Gasteiger partial charge in [0.25, 0.3) is 0 Å². The lowest BCUT2D eigenvalue weighted by Crippen LogP contribution is -1.98. The fourth-order valence-corrected chi connectivity index (χ4v) is 9.25. The minimum Gasteiger partial charge on any atom is -0.309 e. The van der Waals surface area contributed by atoms with Crippen LogP contribution >= 0.6 is 0 Å². The van der Waals surface area contributed by atoms with Crippen molar-refractivity contribution in [2.45, 2.75) is 0 Å². The smallest absolute Gasteiger partial charge is 0.0626 e. The molecule has 11 aromatic rings. The summed E-state index contributed by atoms with van der Waals surface area (Å²) in [4.78, 5) is 0. The molecule has 0 radical (unpaired) electrons. The van der Waals surface area contributed by atoms with E-state index in [4.69, 9.17) is 0 Å². The maximum atomic E-state index is 2.54. The molecule has 9 aromatic carbocycles. The van der Waals surface area contributed by atoms with Gasteiger partial charge in [0.15, 0.2) is 0 Å². The Morgan fingerprint density at radius 3 is 1.42 bits per heavy atom. The van der Waals surface area contributed by atoms with Crippen LogP contribution in [0.3, 0.4) is 0 Å². The van der Waals surface area contributed by atoms with Crippen LogP contribution in [0, 0.1) is 0 Å². The van der Waals surface area contributed by atoms with E-state index in [0.717, 1.165) is 11.4 Å². The third-order valence-electron chi connectivity index (χ3n) is 11.2. The molecule has 2 nitrogen and oxygen atoms in total. The topological polar surface area (TPSA) is 9.86 Å². The predicted octanol–water partition coefficient (Wildman–Crippen LogP) is 13.0. The normalized spacial score (nSPS) is 12.4. The minimum atomic E-state index is 1.16. The van der Waals surface area contributed by atoms with E-state index in [1.165, 1.54) is 98.2 Å². The molecule has 230 valence electrons. The highest BCUT2D eigenvalue weighted by Gasteiger charge is 2.27. The van der Waals surface area contributed by atoms with Crippen LogP contribution in [0.2, 0.25) is 0 Å². The lowest BCUT2D eigenvalue weighted by atomic mass is 9.94. The van der Waals surface area contributed by atoms with Crippen LogP contribution in [0.15, 0.2) is 170 Å². The van der Waals surface area contributed by atoms with Gasteiger partial charge in [0.1, 0.15) is 0 Å². The SMILES string of the molecule is c1ccc2c(c1)-c1cccc3c1c-2cc1c3c2c3ccccc3c3ccccc3c2n1-c1ccc(-n2c3ccccc3c3ccccc32)cc1. The molecule has 0 fully saturated rings. The average Bonchev–Trinajstić information content (AvgIpc) is 3.83. The zero-order chi connectivity index (χ0) is 32.5. The molecule has 0 bridgehead atoms. The Morgan fingerprint density at radius 2 is 0.740 bits per heavy atom. The van der Waals surface area contributed by atoms with E-state index < -0.39 is 0 Å². The fraction of sp³-hybridized carbons (Fsp3) is 0. The van der Waals surface area contributed by atoms with Gasteiger partial charge < -0.3 is 9.13 Å². The molecule has 0 atom stereocenters. The Kier molecular flexibility index (Phi) is 5.00. The van der Waals surface area contributed by atoms with Gasteiger partial charge in [0.05, 0.1) is 22.1 Å². The van der Waals surface area contributed by atoms with Gasteiger partial charge in [0, 0.05) is 38.3 Å². The summed E-state index contributed by atoms with van der Waals surface area (Å²) < 4.78 is 4.94. The van der Waals surface area contributed by atoms with Crippen LogP contribution in [-0.2, 0) is 0 Å². The van der Waals surface area contributed by atoms with Crippen LogP contribution in [0.25, 0.3) is 110 Å². The van der Waals surface area contributed by atoms with Gasteiger partial charge >= 0.3 is 0 Å². The average molecular weight is 633 g/mol. The monoisotopic (exact) mass is 632 g/mol. The number of para-hydroxylation sites is 2. The highest BCUT2D eigenvalue weighted by molar-refractivity contribution is 6.38. The molecule has 1 aliphatic carbocycles. The molecule has 12 rings (SSSR count). The largest absolute Gasteiger partial charge is 0.309 e. The van der Waals surface area contributed by atoms with Gasteiger partial charge in [-0.15, -0.1) is 0 Å². The zero-order valence-electron chi connectivity index (χ0n) is 27.1. The van der Waals surface area contributed by atoms with E-state index in [1.54, 1.807) is 0 Å². The molecule has 0 saturated carbocycles. The van der Waals surface area contributed by atoms with Gasteiger partial charge in [-0.1, -0.05) is 127 Å². The van der Waals surface area contributed by atoms with Crippen molar-refractivity contribution in [3.63, 3.8) is 0 Å². The highest BCUT2D eigenvalue weighted by Crippen LogP contribution is 2.52. The minimum absolute atomic E-state index is 1.16. The number of hydrogen-bond acceptors (Lipinski definition) is 0. The molecule has 0 spiro atoms. The van der Waals surface area contributed by atoms with E-state index in [2.05, 4.69) is 179 Å². The summed E-state index contributed by atoms with van der Waals surface area (Å²) in [5, 5.41) is 13.0. The molecule has 50 heavy (non-hydrogen) atoms. The lowest BCUT2D eigenvalue weighted by Gasteiger charge is -2.14. The number of hydrogen-bond donors (Lipinski definition) is 0. The van der Waals surface area contributed by atoms with Crippen LogP contribution in [0.4, 0.5) is 0 Å². The number of rotatable bonds is 2. The first-order valence-electron chi connectivity index (χ1n) is 17.4. The standard InChI is InChI=1S/C48H28N2/c1-2-15-34-32(13-1)37-20-11-21-40-45(37)41(34)28-44-46(40)47-38-18-5-3-12-31(38)33-14-4-6-19-39(33)48(47)50(44)30-26-24-29(25-27-30)49-42-22-9-7-16-35(42)36-17-8-10-23-43(36)49/h1-28H. The maximum absolute atomic E-state index is 2.54. The molecule has 0 unspecified atom stereocenters. The number of benzene rings is 9. The van der Waals surface area contributed by atoms with Crippen molar-refractivity contribution < 1.29 is 0 Å². The molecule has 1 aliphatic rings. The van der Waals surface area contributed by atoms with Gasteiger partial charge in [-0.25, -0.2) is 0 Å². The van der Waals surface area contributed by atoms with Crippen molar-refractivity contribution in [3.05, 3.63) is 170 Å². The van der Waals surface area contributed by atoms with E-state index in [-0.39, 0.29) is 0 Å². The molecule has 2 heteroatoms. The van der Waals surface area contributed by atoms with E-state index >= 15 is 0 Å². The molecule has 0 saturated heterocycles. The molecule has 0 aliphatic heterocycles. The second-order valence-corrected chi connectivity index (χ2v) is 13.6. The third-order valence-corrected chi connectivity index (χ3v) is 11.2. The summed E-state index contributed by atoms with van der Waals surface area (Å²) in [6.07, 6.45) is 0. The number of nitrogens with zero attached hydrogens (tertiary/aromatic N) is 2. The van der Waals surface area contributed by atoms with Crippen molar-refractivity contribution in [1.82, 2.24) is 9.13 Å². The van der Waals surface area contributed by atoms with Gasteiger partial charge in [-0.05, 0) is 91.6 Å². The third kappa shape index (κ3) is 3.23. The second kappa shape index (κ2) is 9.49. The summed E-state index contributed by atoms with van der Waals surface area (Å²) in [6, 6.07) is 62.8. The van der Waals surface area contributed by atoms with Crippen molar-refractivity contribution >= 4 is 75.9 Å². The first kappa shape index (κ1) is 26.3. The summed E-state index contributed by atoms with van der Waals surface area (Å²) in [5.41, 5.74) is 12.5. The van der Waals surface area contributed by atoms with Crippen LogP contribution in [-0.4, -0.2) is 9.13 Å². The van der Waals surface area contributed by atoms with Crippen molar-refractivity contribution in [1.29, 1.82) is 0 Å². The maximum Gasteiger partial charge on any atom is 0.0626 e. The van der Waals surface area contributed by atoms with E-state index in [0.29, 0.717) is 0 Å². The molecule has 2 heterocycles. The Bertz CT molecular complexity index is 3190. The fourth-order valence-electron chi connectivity index (χ4n) is 9.25. The van der Waals surface area contributed by atoms with Gasteiger partial charge in [-0.3, -0.25) is 0 Å². The van der Waals surface area contributed by atoms with Crippen molar-refractivity contribution in [2.75, 3.05) is 0 Å². The van der Waals surface area contributed by atoms with E-state index in [1.807, 2.05) is 0 Å². The second-order valence-electron chi connectivity index (χ2n) is 13.6. The predicted molar refractivity (Wildman–Crippen MR) is 212 cm³/mol. The Labute approximate surface area is 287 Å². The zero-order valence-corrected chi connectivity index (χ0v) is 27.1. The van der Waals surface area contributed by atoms with Crippen LogP contribution < -0.4 is 0 Å². The Balaban J connectivity index is 1.24. The first-order valence-corrected chi connectivity index (χ1v) is 17.4.